The van der Waals surface area contributed by atoms with Crippen molar-refractivity contribution in [3.05, 3.63) is 12.2 Å². The van der Waals surface area contributed by atoms with Crippen molar-refractivity contribution in [1.29, 1.82) is 0 Å². The van der Waals surface area contributed by atoms with Crippen LogP contribution in [0.2, 0.25) is 0 Å². The van der Waals surface area contributed by atoms with Crippen LogP contribution in [0.3, 0.4) is 0 Å². The van der Waals surface area contributed by atoms with Crippen LogP contribution >= 0.6 is 0 Å². The molecule has 0 bridgehead atoms. The molecule has 2 heterocycles. The summed E-state index contributed by atoms with van der Waals surface area (Å²) in [5, 5.41) is 14.0. The normalized spacial score (nSPS) is 26.8. The lowest BCUT2D eigenvalue weighted by Gasteiger charge is -2.23. The number of unbranched alkanes of at least 4 members (excludes halogenated alkanes) is 1. The molecule has 0 spiro atoms. The third kappa shape index (κ3) is 6.84. The van der Waals surface area contributed by atoms with Crippen molar-refractivity contribution in [2.45, 2.75) is 25.7 Å². The molecule has 0 amide bonds. The number of hydrogen-bond acceptors (Lipinski definition) is 4. The van der Waals surface area contributed by atoms with Gasteiger partial charge in [0.2, 0.25) is 0 Å². The number of rotatable bonds is 9. The van der Waals surface area contributed by atoms with E-state index >= 15 is 0 Å². The number of hydrogen-bond donors (Lipinski definition) is 4. The van der Waals surface area contributed by atoms with E-state index in [4.69, 9.17) is 0 Å². The van der Waals surface area contributed by atoms with E-state index < -0.39 is 0 Å². The highest BCUT2D eigenvalue weighted by atomic mass is 14.9. The van der Waals surface area contributed by atoms with Crippen molar-refractivity contribution in [2.75, 3.05) is 52.4 Å². The Hall–Kier alpha value is -0.420. The van der Waals surface area contributed by atoms with E-state index in [1.165, 1.54) is 51.9 Å². The van der Waals surface area contributed by atoms with Gasteiger partial charge in [0.1, 0.15) is 0 Å². The van der Waals surface area contributed by atoms with Crippen molar-refractivity contribution in [3.8, 4) is 0 Å². The molecule has 4 N–H and O–H groups in total. The lowest BCUT2D eigenvalue weighted by Crippen LogP contribution is -2.36. The average Bonchev–Trinajstić information content (AvgIpc) is 2.52. The van der Waals surface area contributed by atoms with Gasteiger partial charge in [0.05, 0.1) is 0 Å². The van der Waals surface area contributed by atoms with E-state index in [1.54, 1.807) is 0 Å². The van der Waals surface area contributed by atoms with Crippen LogP contribution in [0.1, 0.15) is 25.7 Å². The molecule has 0 aliphatic carbocycles. The molecule has 0 aromatic carbocycles. The fourth-order valence-electron chi connectivity index (χ4n) is 3.01. The minimum atomic E-state index is 0.681. The predicted molar refractivity (Wildman–Crippen MR) is 86.1 cm³/mol. The van der Waals surface area contributed by atoms with Crippen LogP contribution in [0.4, 0.5) is 0 Å². The van der Waals surface area contributed by atoms with Crippen molar-refractivity contribution < 1.29 is 0 Å². The Kier molecular flexibility index (Phi) is 8.24. The van der Waals surface area contributed by atoms with Crippen molar-refractivity contribution >= 4 is 0 Å². The second-order valence-corrected chi connectivity index (χ2v) is 6.17. The topological polar surface area (TPSA) is 48.1 Å². The molecule has 0 aromatic heterocycles. The summed E-state index contributed by atoms with van der Waals surface area (Å²) in [5.74, 6) is 1.54. The summed E-state index contributed by atoms with van der Waals surface area (Å²) in [6.07, 6.45) is 9.88. The maximum absolute atomic E-state index is 3.61. The Morgan fingerprint density at radius 3 is 2.55 bits per heavy atom. The van der Waals surface area contributed by atoms with E-state index in [-0.39, 0.29) is 0 Å². The van der Waals surface area contributed by atoms with Gasteiger partial charge in [-0.25, -0.2) is 0 Å². The minimum Gasteiger partial charge on any atom is -0.316 e. The molecule has 2 aliphatic heterocycles. The molecule has 2 unspecified atom stereocenters. The summed E-state index contributed by atoms with van der Waals surface area (Å²) in [7, 11) is 0. The highest BCUT2D eigenvalue weighted by Crippen LogP contribution is 2.08. The molecule has 0 radical (unpaired) electrons. The summed E-state index contributed by atoms with van der Waals surface area (Å²) < 4.78 is 0. The first kappa shape index (κ1) is 16.0. The number of piperidine rings is 1. The Labute approximate surface area is 124 Å². The zero-order valence-corrected chi connectivity index (χ0v) is 12.8. The van der Waals surface area contributed by atoms with E-state index in [9.17, 15) is 0 Å². The van der Waals surface area contributed by atoms with Gasteiger partial charge in [-0.05, 0) is 64.3 Å². The molecule has 0 saturated carbocycles. The van der Waals surface area contributed by atoms with E-state index in [0.717, 1.165) is 32.1 Å². The fourth-order valence-corrected chi connectivity index (χ4v) is 3.01. The van der Waals surface area contributed by atoms with Gasteiger partial charge in [0.15, 0.2) is 0 Å². The molecule has 1 saturated heterocycles. The van der Waals surface area contributed by atoms with Crippen LogP contribution in [-0.2, 0) is 0 Å². The molecule has 2 aliphatic rings. The van der Waals surface area contributed by atoms with Gasteiger partial charge in [-0.2, -0.15) is 0 Å². The molecule has 0 aromatic rings. The molecule has 4 nitrogen and oxygen atoms in total. The smallest absolute Gasteiger partial charge is 0.0135 e. The summed E-state index contributed by atoms with van der Waals surface area (Å²) in [4.78, 5) is 0. The molecule has 20 heavy (non-hydrogen) atoms. The molecule has 1 fully saturated rings. The molecule has 2 atom stereocenters. The van der Waals surface area contributed by atoms with Crippen molar-refractivity contribution in [2.24, 2.45) is 11.8 Å². The predicted octanol–water partition coefficient (Wildman–Crippen LogP) is 0.721. The van der Waals surface area contributed by atoms with Crippen molar-refractivity contribution in [3.63, 3.8) is 0 Å². The molecular weight excluding hydrogens is 248 g/mol. The summed E-state index contributed by atoms with van der Waals surface area (Å²) in [6.45, 7) is 9.22. The van der Waals surface area contributed by atoms with Gasteiger partial charge in [-0.1, -0.05) is 12.2 Å². The van der Waals surface area contributed by atoms with Gasteiger partial charge >= 0.3 is 0 Å². The van der Waals surface area contributed by atoms with Crippen LogP contribution in [0.25, 0.3) is 0 Å². The van der Waals surface area contributed by atoms with Gasteiger partial charge in [-0.3, -0.25) is 0 Å². The van der Waals surface area contributed by atoms with E-state index in [0.29, 0.717) is 5.92 Å². The van der Waals surface area contributed by atoms with Gasteiger partial charge in [0, 0.05) is 25.6 Å². The Morgan fingerprint density at radius 1 is 1.00 bits per heavy atom. The first-order valence-electron chi connectivity index (χ1n) is 8.44. The zero-order valence-electron chi connectivity index (χ0n) is 12.8. The standard InChI is InChI=1S/C16H32N4/c1(7-17-11-15-5-3-9-19-13-15)2-8-18-12-16-6-4-10-20-14-16/h3,5,15-20H,1-2,4,6-14H2. The third-order valence-corrected chi connectivity index (χ3v) is 4.27. The maximum atomic E-state index is 3.61. The fraction of sp³-hybridized carbons (Fsp3) is 0.875. The van der Waals surface area contributed by atoms with Crippen LogP contribution in [0.5, 0.6) is 0 Å². The quantitative estimate of drug-likeness (QED) is 0.371. The Bertz CT molecular complexity index is 261. The van der Waals surface area contributed by atoms with Crippen LogP contribution in [0.15, 0.2) is 12.2 Å². The largest absolute Gasteiger partial charge is 0.316 e. The molecule has 116 valence electrons. The highest BCUT2D eigenvalue weighted by molar-refractivity contribution is 4.96. The zero-order chi connectivity index (χ0) is 13.9. The van der Waals surface area contributed by atoms with Crippen LogP contribution in [0, 0.1) is 11.8 Å². The highest BCUT2D eigenvalue weighted by Gasteiger charge is 2.11. The van der Waals surface area contributed by atoms with E-state index in [2.05, 4.69) is 33.4 Å². The lowest BCUT2D eigenvalue weighted by atomic mass is 10.00. The molecule has 4 heteroatoms. The average molecular weight is 280 g/mol. The van der Waals surface area contributed by atoms with Gasteiger partial charge in [0.25, 0.3) is 0 Å². The van der Waals surface area contributed by atoms with Crippen molar-refractivity contribution in [1.82, 2.24) is 21.3 Å². The second-order valence-electron chi connectivity index (χ2n) is 6.17. The third-order valence-electron chi connectivity index (χ3n) is 4.27. The van der Waals surface area contributed by atoms with Gasteiger partial charge in [-0.15, -0.1) is 0 Å². The minimum absolute atomic E-state index is 0.681. The first-order chi connectivity index (χ1) is 9.95. The summed E-state index contributed by atoms with van der Waals surface area (Å²) in [5.41, 5.74) is 0. The first-order valence-corrected chi connectivity index (χ1v) is 8.44. The molecular formula is C16H32N4. The SMILES string of the molecule is C1=CC(CNCCCCNCC2CCCNC2)CNC1. The maximum Gasteiger partial charge on any atom is 0.0135 e. The summed E-state index contributed by atoms with van der Waals surface area (Å²) in [6, 6.07) is 0. The second kappa shape index (κ2) is 10.3. The van der Waals surface area contributed by atoms with Crippen LogP contribution in [-0.4, -0.2) is 52.4 Å². The Balaban J connectivity index is 1.34. The molecule has 2 rings (SSSR count). The van der Waals surface area contributed by atoms with Gasteiger partial charge < -0.3 is 21.3 Å². The van der Waals surface area contributed by atoms with E-state index in [1.807, 2.05) is 0 Å². The van der Waals surface area contributed by atoms with Crippen LogP contribution < -0.4 is 21.3 Å². The lowest BCUT2D eigenvalue weighted by molar-refractivity contribution is 0.359. The summed E-state index contributed by atoms with van der Waals surface area (Å²) >= 11 is 0. The Morgan fingerprint density at radius 2 is 1.85 bits per heavy atom. The monoisotopic (exact) mass is 280 g/mol. The number of nitrogens with one attached hydrogen (secondary N) is 4.